The molecule has 0 saturated heterocycles. The largest absolute Gasteiger partial charge is 0.469 e. The number of furan rings is 1. The Balaban J connectivity index is 1.85. The molecule has 20 heavy (non-hydrogen) atoms. The lowest BCUT2D eigenvalue weighted by molar-refractivity contribution is 0.453. The highest BCUT2D eigenvalue weighted by atomic mass is 35.5. The highest BCUT2D eigenvalue weighted by Crippen LogP contribution is 2.20. The van der Waals surface area contributed by atoms with Crippen LogP contribution in [0.4, 0.5) is 0 Å². The van der Waals surface area contributed by atoms with Crippen LogP contribution in [0.3, 0.4) is 0 Å². The Morgan fingerprint density at radius 1 is 1.50 bits per heavy atom. The molecular weight excluding hydrogens is 274 g/mol. The van der Waals surface area contributed by atoms with E-state index in [9.17, 15) is 0 Å². The van der Waals surface area contributed by atoms with Gasteiger partial charge in [0.15, 0.2) is 0 Å². The summed E-state index contributed by atoms with van der Waals surface area (Å²) >= 11 is 6.30. The Bertz CT molecular complexity index is 534. The molecule has 0 saturated carbocycles. The number of aromatic nitrogens is 2. The lowest BCUT2D eigenvalue weighted by atomic mass is 10.1. The zero-order valence-corrected chi connectivity index (χ0v) is 13.1. The summed E-state index contributed by atoms with van der Waals surface area (Å²) < 4.78 is 7.30. The van der Waals surface area contributed by atoms with E-state index in [0.29, 0.717) is 6.04 Å². The summed E-state index contributed by atoms with van der Waals surface area (Å²) in [7, 11) is 0. The van der Waals surface area contributed by atoms with Gasteiger partial charge in [0.25, 0.3) is 0 Å². The maximum Gasteiger partial charge on any atom is 0.103 e. The van der Waals surface area contributed by atoms with Crippen molar-refractivity contribution in [3.8, 4) is 0 Å². The second kappa shape index (κ2) is 6.95. The second-order valence-corrected chi connectivity index (χ2v) is 5.44. The first kappa shape index (κ1) is 15.1. The molecule has 110 valence electrons. The van der Waals surface area contributed by atoms with Gasteiger partial charge in [-0.2, -0.15) is 5.10 Å². The molecule has 0 bridgehead atoms. The second-order valence-electron chi connectivity index (χ2n) is 5.06. The molecular formula is C15H22ClN3O. The molecule has 0 aromatic carbocycles. The number of rotatable bonds is 7. The van der Waals surface area contributed by atoms with E-state index >= 15 is 0 Å². The molecule has 2 aromatic rings. The van der Waals surface area contributed by atoms with Gasteiger partial charge in [0.05, 0.1) is 22.7 Å². The van der Waals surface area contributed by atoms with Crippen LogP contribution in [0.1, 0.15) is 37.4 Å². The summed E-state index contributed by atoms with van der Waals surface area (Å²) in [5, 5.41) is 8.70. The van der Waals surface area contributed by atoms with Crippen molar-refractivity contribution in [1.82, 2.24) is 15.1 Å². The number of nitrogens with one attached hydrogen (secondary N) is 1. The van der Waals surface area contributed by atoms with E-state index in [1.165, 1.54) is 0 Å². The normalized spacial score (nSPS) is 12.8. The monoisotopic (exact) mass is 295 g/mol. The lowest BCUT2D eigenvalue weighted by Crippen LogP contribution is -2.27. The van der Waals surface area contributed by atoms with E-state index < -0.39 is 0 Å². The minimum absolute atomic E-state index is 0.400. The highest BCUT2D eigenvalue weighted by Gasteiger charge is 2.13. The van der Waals surface area contributed by atoms with Crippen molar-refractivity contribution in [1.29, 1.82) is 0 Å². The van der Waals surface area contributed by atoms with E-state index in [1.807, 2.05) is 23.7 Å². The molecule has 0 aliphatic carbocycles. The Labute approximate surface area is 125 Å². The summed E-state index contributed by atoms with van der Waals surface area (Å²) in [5.74, 6) is 1.03. The van der Waals surface area contributed by atoms with E-state index in [1.54, 1.807) is 6.26 Å². The molecule has 4 nitrogen and oxygen atoms in total. The Morgan fingerprint density at radius 2 is 2.30 bits per heavy atom. The molecule has 1 atom stereocenters. The maximum atomic E-state index is 6.30. The van der Waals surface area contributed by atoms with Crippen LogP contribution in [-0.2, 0) is 19.5 Å². The van der Waals surface area contributed by atoms with Crippen molar-refractivity contribution in [3.05, 3.63) is 40.6 Å². The van der Waals surface area contributed by atoms with Gasteiger partial charge in [0.1, 0.15) is 5.76 Å². The van der Waals surface area contributed by atoms with Crippen molar-refractivity contribution in [2.75, 3.05) is 0 Å². The van der Waals surface area contributed by atoms with Gasteiger partial charge < -0.3 is 9.73 Å². The lowest BCUT2D eigenvalue weighted by Gasteiger charge is -2.14. The van der Waals surface area contributed by atoms with Crippen LogP contribution in [0.2, 0.25) is 5.02 Å². The summed E-state index contributed by atoms with van der Waals surface area (Å²) in [6, 6.07) is 4.34. The standard InChI is InChI=1S/C15H22ClN3O/c1-4-19-14(15(16)12(3)18-19)10-17-11(2)7-8-13-6-5-9-20-13/h5-6,9,11,17H,4,7-8,10H2,1-3H3. The average molecular weight is 296 g/mol. The zero-order valence-electron chi connectivity index (χ0n) is 12.3. The molecule has 2 rings (SSSR count). The quantitative estimate of drug-likeness (QED) is 0.849. The molecule has 2 aromatic heterocycles. The van der Waals surface area contributed by atoms with E-state index in [0.717, 1.165) is 48.1 Å². The van der Waals surface area contributed by atoms with Crippen molar-refractivity contribution in [2.45, 2.75) is 52.7 Å². The topological polar surface area (TPSA) is 43.0 Å². The van der Waals surface area contributed by atoms with Crippen molar-refractivity contribution in [3.63, 3.8) is 0 Å². The minimum Gasteiger partial charge on any atom is -0.469 e. The van der Waals surface area contributed by atoms with Gasteiger partial charge in [-0.25, -0.2) is 0 Å². The third-order valence-electron chi connectivity index (χ3n) is 3.47. The van der Waals surface area contributed by atoms with Crippen molar-refractivity contribution in [2.24, 2.45) is 0 Å². The van der Waals surface area contributed by atoms with Crippen LogP contribution >= 0.6 is 11.6 Å². The molecule has 0 aliphatic rings. The smallest absolute Gasteiger partial charge is 0.103 e. The highest BCUT2D eigenvalue weighted by molar-refractivity contribution is 6.31. The molecule has 1 unspecified atom stereocenters. The summed E-state index contributed by atoms with van der Waals surface area (Å²) in [6.07, 6.45) is 3.70. The first-order chi connectivity index (χ1) is 9.61. The van der Waals surface area contributed by atoms with Crippen LogP contribution in [0, 0.1) is 6.92 Å². The van der Waals surface area contributed by atoms with Crippen molar-refractivity contribution < 1.29 is 4.42 Å². The number of nitrogens with zero attached hydrogens (tertiary/aromatic N) is 2. The molecule has 2 heterocycles. The molecule has 0 radical (unpaired) electrons. The van der Waals surface area contributed by atoms with Crippen LogP contribution in [0.15, 0.2) is 22.8 Å². The Kier molecular flexibility index (Phi) is 5.26. The van der Waals surface area contributed by atoms with Crippen LogP contribution in [0.25, 0.3) is 0 Å². The van der Waals surface area contributed by atoms with Crippen molar-refractivity contribution >= 4 is 11.6 Å². The van der Waals surface area contributed by atoms with Gasteiger partial charge in [-0.15, -0.1) is 0 Å². The Hall–Kier alpha value is -1.26. The fraction of sp³-hybridized carbons (Fsp3) is 0.533. The number of aryl methyl sites for hydroxylation is 3. The van der Waals surface area contributed by atoms with Gasteiger partial charge in [-0.1, -0.05) is 11.6 Å². The molecule has 0 spiro atoms. The summed E-state index contributed by atoms with van der Waals surface area (Å²) in [4.78, 5) is 0. The third kappa shape index (κ3) is 3.64. The average Bonchev–Trinajstić information content (AvgIpc) is 3.04. The van der Waals surface area contributed by atoms with E-state index in [-0.39, 0.29) is 0 Å². The number of hydrogen-bond donors (Lipinski definition) is 1. The predicted octanol–water partition coefficient (Wildman–Crippen LogP) is 3.57. The predicted molar refractivity (Wildman–Crippen MR) is 81.0 cm³/mol. The van der Waals surface area contributed by atoms with Crippen LogP contribution < -0.4 is 5.32 Å². The van der Waals surface area contributed by atoms with Gasteiger partial charge in [-0.3, -0.25) is 4.68 Å². The molecule has 1 N–H and O–H groups in total. The summed E-state index contributed by atoms with van der Waals surface area (Å²) in [5.41, 5.74) is 1.96. The molecule has 0 amide bonds. The van der Waals surface area contributed by atoms with Gasteiger partial charge in [0, 0.05) is 25.6 Å². The first-order valence-electron chi connectivity index (χ1n) is 7.09. The van der Waals surface area contributed by atoms with Crippen LogP contribution in [-0.4, -0.2) is 15.8 Å². The number of hydrogen-bond acceptors (Lipinski definition) is 3. The third-order valence-corrected chi connectivity index (χ3v) is 3.97. The number of halogens is 1. The van der Waals surface area contributed by atoms with Crippen LogP contribution in [0.5, 0.6) is 0 Å². The SMILES string of the molecule is CCn1nc(C)c(Cl)c1CNC(C)CCc1ccco1. The minimum atomic E-state index is 0.400. The molecule has 0 fully saturated rings. The van der Waals surface area contributed by atoms with Gasteiger partial charge >= 0.3 is 0 Å². The zero-order chi connectivity index (χ0) is 14.5. The summed E-state index contributed by atoms with van der Waals surface area (Å²) in [6.45, 7) is 7.78. The first-order valence-corrected chi connectivity index (χ1v) is 7.47. The fourth-order valence-electron chi connectivity index (χ4n) is 2.22. The fourth-order valence-corrected chi connectivity index (χ4v) is 2.43. The maximum absolute atomic E-state index is 6.30. The molecule has 5 heteroatoms. The molecule has 0 aliphatic heterocycles. The Morgan fingerprint density at radius 3 is 2.95 bits per heavy atom. The van der Waals surface area contributed by atoms with E-state index in [4.69, 9.17) is 16.0 Å². The van der Waals surface area contributed by atoms with E-state index in [2.05, 4.69) is 24.3 Å². The van der Waals surface area contributed by atoms with Gasteiger partial charge in [-0.05, 0) is 39.3 Å². The van der Waals surface area contributed by atoms with Gasteiger partial charge in [0.2, 0.25) is 0 Å².